The lowest BCUT2D eigenvalue weighted by Gasteiger charge is -2.14. The molecule has 0 atom stereocenters. The summed E-state index contributed by atoms with van der Waals surface area (Å²) < 4.78 is 80.7. The van der Waals surface area contributed by atoms with Gasteiger partial charge in [-0.1, -0.05) is 52.3 Å². The van der Waals surface area contributed by atoms with Crippen LogP contribution in [0.2, 0.25) is 0 Å². The molecule has 3 rings (SSSR count). The maximum atomic E-state index is 13.3. The Bertz CT molecular complexity index is 1120. The SMILES string of the molecule is [B]c1ccc2c(c1)c1cc(Br)ccc1n2C(=C/CC(F)(F)F)/C=C(\C=C)C(F)(F)F. The van der Waals surface area contributed by atoms with Crippen LogP contribution in [0.3, 0.4) is 0 Å². The zero-order valence-corrected chi connectivity index (χ0v) is 16.9. The molecule has 154 valence electrons. The Morgan fingerprint density at radius 1 is 1.00 bits per heavy atom. The van der Waals surface area contributed by atoms with E-state index in [4.69, 9.17) is 7.85 Å². The number of aromatic nitrogens is 1. The van der Waals surface area contributed by atoms with Gasteiger partial charge in [-0.3, -0.25) is 0 Å². The van der Waals surface area contributed by atoms with E-state index in [0.717, 1.165) is 6.08 Å². The zero-order chi connectivity index (χ0) is 22.3. The van der Waals surface area contributed by atoms with E-state index in [2.05, 4.69) is 22.5 Å². The summed E-state index contributed by atoms with van der Waals surface area (Å²) in [4.78, 5) is 0. The molecule has 1 heterocycles. The van der Waals surface area contributed by atoms with Crippen molar-refractivity contribution in [2.45, 2.75) is 18.8 Å². The molecule has 0 fully saturated rings. The van der Waals surface area contributed by atoms with Crippen LogP contribution in [0.5, 0.6) is 0 Å². The normalized spacial score (nSPS) is 14.0. The predicted octanol–water partition coefficient (Wildman–Crippen LogP) is 6.82. The van der Waals surface area contributed by atoms with Crippen molar-refractivity contribution in [1.29, 1.82) is 0 Å². The van der Waals surface area contributed by atoms with Crippen LogP contribution >= 0.6 is 15.9 Å². The third kappa shape index (κ3) is 4.66. The molecule has 1 nitrogen and oxygen atoms in total. The second-order valence-electron chi connectivity index (χ2n) is 6.52. The lowest BCUT2D eigenvalue weighted by Crippen LogP contribution is -2.11. The lowest BCUT2D eigenvalue weighted by atomic mass is 9.94. The highest BCUT2D eigenvalue weighted by Crippen LogP contribution is 2.36. The monoisotopic (exact) mass is 483 g/mol. The topological polar surface area (TPSA) is 4.93 Å². The van der Waals surface area contributed by atoms with Gasteiger partial charge in [-0.15, -0.1) is 0 Å². The van der Waals surface area contributed by atoms with Crippen LogP contribution in [0, 0.1) is 0 Å². The predicted molar refractivity (Wildman–Crippen MR) is 112 cm³/mol. The Balaban J connectivity index is 2.40. The molecule has 1 aromatic heterocycles. The van der Waals surface area contributed by atoms with E-state index in [1.165, 1.54) is 10.6 Å². The summed E-state index contributed by atoms with van der Waals surface area (Å²) in [5.41, 5.74) is -0.147. The Morgan fingerprint density at radius 2 is 1.60 bits per heavy atom. The number of benzene rings is 2. The van der Waals surface area contributed by atoms with Crippen LogP contribution in [-0.4, -0.2) is 24.8 Å². The van der Waals surface area contributed by atoms with Crippen molar-refractivity contribution >= 4 is 56.7 Å². The quantitative estimate of drug-likeness (QED) is 0.218. The minimum absolute atomic E-state index is 0.272. The number of rotatable bonds is 4. The van der Waals surface area contributed by atoms with Gasteiger partial charge in [-0.05, 0) is 30.3 Å². The lowest BCUT2D eigenvalue weighted by molar-refractivity contribution is -0.124. The molecular weight excluding hydrogens is 471 g/mol. The van der Waals surface area contributed by atoms with Gasteiger partial charge in [0.2, 0.25) is 0 Å². The summed E-state index contributed by atoms with van der Waals surface area (Å²) in [6.45, 7) is 3.15. The van der Waals surface area contributed by atoms with E-state index >= 15 is 0 Å². The second-order valence-corrected chi connectivity index (χ2v) is 7.44. The van der Waals surface area contributed by atoms with Crippen molar-refractivity contribution < 1.29 is 26.3 Å². The van der Waals surface area contributed by atoms with Crippen molar-refractivity contribution in [3.05, 3.63) is 71.3 Å². The number of hydrogen-bond donors (Lipinski definition) is 0. The second kappa shape index (κ2) is 8.02. The highest BCUT2D eigenvalue weighted by molar-refractivity contribution is 9.10. The van der Waals surface area contributed by atoms with Crippen LogP contribution in [0.15, 0.2) is 71.3 Å². The molecule has 9 heteroatoms. The molecular formula is C21H13BBrF6N. The van der Waals surface area contributed by atoms with E-state index in [9.17, 15) is 26.3 Å². The first-order valence-electron chi connectivity index (χ1n) is 8.58. The van der Waals surface area contributed by atoms with Crippen LogP contribution in [0.4, 0.5) is 26.3 Å². The first-order valence-corrected chi connectivity index (χ1v) is 9.38. The molecule has 0 amide bonds. The van der Waals surface area contributed by atoms with E-state index in [0.29, 0.717) is 43.9 Å². The Kier molecular flexibility index (Phi) is 5.95. The standard InChI is InChI=1S/C21H13BBrF6N/c1-2-12(21(27,28)29)9-15(7-8-20(24,25)26)30-18-5-3-13(22)10-16(18)17-11-14(23)4-6-19(17)30/h2-7,9-11H,1,8H2/b12-9+,15-7+. The van der Waals surface area contributed by atoms with Crippen molar-refractivity contribution in [3.63, 3.8) is 0 Å². The molecule has 2 radical (unpaired) electrons. The minimum atomic E-state index is -4.77. The van der Waals surface area contributed by atoms with E-state index in [1.54, 1.807) is 30.3 Å². The summed E-state index contributed by atoms with van der Waals surface area (Å²) in [5, 5.41) is 1.23. The van der Waals surface area contributed by atoms with E-state index in [-0.39, 0.29) is 5.70 Å². The number of alkyl halides is 6. The summed E-state index contributed by atoms with van der Waals surface area (Å²) in [7, 11) is 5.86. The number of hydrogen-bond acceptors (Lipinski definition) is 0. The van der Waals surface area contributed by atoms with Crippen molar-refractivity contribution in [2.24, 2.45) is 0 Å². The Morgan fingerprint density at radius 3 is 2.17 bits per heavy atom. The summed E-state index contributed by atoms with van der Waals surface area (Å²) >= 11 is 3.34. The summed E-state index contributed by atoms with van der Waals surface area (Å²) in [6.07, 6.45) is -8.79. The fraction of sp³-hybridized carbons (Fsp3) is 0.143. The molecule has 0 aliphatic rings. The van der Waals surface area contributed by atoms with Crippen molar-refractivity contribution in [1.82, 2.24) is 4.57 Å². The maximum Gasteiger partial charge on any atom is 0.416 e. The third-order valence-corrected chi connectivity index (χ3v) is 4.90. The van der Waals surface area contributed by atoms with Crippen molar-refractivity contribution in [3.8, 4) is 0 Å². The molecule has 30 heavy (non-hydrogen) atoms. The molecule has 3 aromatic rings. The van der Waals surface area contributed by atoms with Gasteiger partial charge >= 0.3 is 12.4 Å². The number of fused-ring (bicyclic) bond motifs is 3. The minimum Gasteiger partial charge on any atom is -0.310 e. The van der Waals surface area contributed by atoms with Crippen LogP contribution in [0.1, 0.15) is 6.42 Å². The van der Waals surface area contributed by atoms with Gasteiger partial charge < -0.3 is 4.57 Å². The van der Waals surface area contributed by atoms with Crippen molar-refractivity contribution in [2.75, 3.05) is 0 Å². The van der Waals surface area contributed by atoms with Gasteiger partial charge in [0.05, 0.1) is 23.0 Å². The van der Waals surface area contributed by atoms with Crippen LogP contribution < -0.4 is 5.46 Å². The number of halogens is 7. The van der Waals surface area contributed by atoms with E-state index in [1.807, 2.05) is 0 Å². The maximum absolute atomic E-state index is 13.3. The average molecular weight is 484 g/mol. The average Bonchev–Trinajstić information content (AvgIpc) is 2.93. The molecule has 2 aromatic carbocycles. The van der Waals surface area contributed by atoms with Crippen LogP contribution in [-0.2, 0) is 0 Å². The third-order valence-electron chi connectivity index (χ3n) is 4.40. The number of allylic oxidation sites excluding steroid dienone is 5. The van der Waals surface area contributed by atoms with Gasteiger partial charge in [0, 0.05) is 20.9 Å². The molecule has 0 aliphatic carbocycles. The van der Waals surface area contributed by atoms with Gasteiger partial charge in [0.15, 0.2) is 0 Å². The van der Waals surface area contributed by atoms with Gasteiger partial charge in [-0.2, -0.15) is 26.3 Å². The van der Waals surface area contributed by atoms with Gasteiger partial charge in [0.25, 0.3) is 0 Å². The largest absolute Gasteiger partial charge is 0.416 e. The number of nitrogens with zero attached hydrogens (tertiary/aromatic N) is 1. The molecule has 0 saturated heterocycles. The van der Waals surface area contributed by atoms with Gasteiger partial charge in [0.1, 0.15) is 7.85 Å². The Labute approximate surface area is 177 Å². The first-order chi connectivity index (χ1) is 13.9. The smallest absolute Gasteiger partial charge is 0.310 e. The Hall–Kier alpha value is -2.42. The summed E-state index contributed by atoms with van der Waals surface area (Å²) in [5.74, 6) is 0. The summed E-state index contributed by atoms with van der Waals surface area (Å²) in [6, 6.07) is 9.74. The molecule has 0 N–H and O–H groups in total. The first kappa shape index (κ1) is 22.3. The molecule has 0 spiro atoms. The molecule has 0 unspecified atom stereocenters. The zero-order valence-electron chi connectivity index (χ0n) is 15.3. The fourth-order valence-electron chi connectivity index (χ4n) is 3.14. The highest BCUT2D eigenvalue weighted by atomic mass is 79.9. The fourth-order valence-corrected chi connectivity index (χ4v) is 3.50. The molecule has 0 bridgehead atoms. The molecule has 0 saturated carbocycles. The molecule has 0 aliphatic heterocycles. The van der Waals surface area contributed by atoms with Crippen LogP contribution in [0.25, 0.3) is 27.5 Å². The van der Waals surface area contributed by atoms with E-state index < -0.39 is 24.3 Å². The van der Waals surface area contributed by atoms with Gasteiger partial charge in [-0.25, -0.2) is 0 Å². The highest BCUT2D eigenvalue weighted by Gasteiger charge is 2.32.